The summed E-state index contributed by atoms with van der Waals surface area (Å²) in [5, 5.41) is 1.27. The van der Waals surface area contributed by atoms with E-state index < -0.39 is 6.17 Å². The molecule has 4 heteroatoms. The Bertz CT molecular complexity index is 1220. The van der Waals surface area contributed by atoms with E-state index >= 15 is 0 Å². The van der Waals surface area contributed by atoms with Gasteiger partial charge >= 0.3 is 0 Å². The topological polar surface area (TPSA) is 20.5 Å². The quantitative estimate of drug-likeness (QED) is 0.532. The molecule has 2 aromatic rings. The fourth-order valence-corrected chi connectivity index (χ4v) is 5.81. The zero-order valence-electron chi connectivity index (χ0n) is 21.0. The van der Waals surface area contributed by atoms with E-state index in [1.54, 1.807) is 0 Å². The summed E-state index contributed by atoms with van der Waals surface area (Å²) in [5.74, 6) is 0.757. The monoisotopic (exact) mass is 459 g/mol. The van der Waals surface area contributed by atoms with Crippen molar-refractivity contribution in [2.24, 2.45) is 10.9 Å². The van der Waals surface area contributed by atoms with Gasteiger partial charge < -0.3 is 9.47 Å². The van der Waals surface area contributed by atoms with Gasteiger partial charge in [0.2, 0.25) is 0 Å². The summed E-state index contributed by atoms with van der Waals surface area (Å²) in [4.78, 5) is 7.01. The van der Waals surface area contributed by atoms with Crippen molar-refractivity contribution in [2.45, 2.75) is 71.5 Å². The van der Waals surface area contributed by atoms with Crippen LogP contribution in [0, 0.1) is 19.8 Å². The van der Waals surface area contributed by atoms with Crippen LogP contribution in [0.2, 0.25) is 0 Å². The van der Waals surface area contributed by atoms with Gasteiger partial charge in [-0.25, -0.2) is 4.39 Å². The summed E-state index contributed by atoms with van der Waals surface area (Å²) in [5.41, 5.74) is 9.41. The summed E-state index contributed by atoms with van der Waals surface area (Å²) < 4.78 is 16.4. The smallest absolute Gasteiger partial charge is 0.135 e. The van der Waals surface area contributed by atoms with Gasteiger partial charge in [0.1, 0.15) is 11.7 Å². The van der Waals surface area contributed by atoms with Gasteiger partial charge in [0.05, 0.1) is 0 Å². The predicted molar refractivity (Wildman–Crippen MR) is 140 cm³/mol. The van der Waals surface area contributed by atoms with Crippen molar-refractivity contribution in [3.05, 3.63) is 70.0 Å². The highest BCUT2D eigenvalue weighted by Crippen LogP contribution is 2.40. The Hall–Kier alpha value is -2.62. The van der Waals surface area contributed by atoms with E-state index in [1.807, 2.05) is 0 Å². The maximum Gasteiger partial charge on any atom is 0.135 e. The molecule has 0 radical (unpaired) electrons. The third-order valence-corrected chi connectivity index (χ3v) is 8.03. The van der Waals surface area contributed by atoms with Crippen LogP contribution in [-0.4, -0.2) is 35.3 Å². The molecule has 1 saturated carbocycles. The molecule has 0 amide bonds. The predicted octanol–water partition coefficient (Wildman–Crippen LogP) is 5.54. The van der Waals surface area contributed by atoms with Crippen LogP contribution in [0.15, 0.2) is 36.3 Å². The number of aromatic nitrogens is 1. The molecule has 34 heavy (non-hydrogen) atoms. The van der Waals surface area contributed by atoms with E-state index in [1.165, 1.54) is 40.4 Å². The zero-order valence-corrected chi connectivity index (χ0v) is 21.0. The van der Waals surface area contributed by atoms with Crippen LogP contribution in [-0.2, 0) is 6.42 Å². The number of alkyl halides is 1. The molecule has 3 heterocycles. The second-order valence-corrected chi connectivity index (χ2v) is 10.6. The molecule has 1 saturated heterocycles. The van der Waals surface area contributed by atoms with Gasteiger partial charge in [0.25, 0.3) is 0 Å². The van der Waals surface area contributed by atoms with Crippen LogP contribution in [0.3, 0.4) is 0 Å². The first-order valence-electron chi connectivity index (χ1n) is 13.0. The second-order valence-electron chi connectivity index (χ2n) is 10.6. The van der Waals surface area contributed by atoms with Crippen molar-refractivity contribution in [3.8, 4) is 0 Å². The molecule has 0 bridgehead atoms. The first kappa shape index (κ1) is 23.1. The zero-order chi connectivity index (χ0) is 24.0. The fraction of sp³-hybridized carbons (Fsp3) is 0.500. The minimum Gasteiger partial charge on any atom is -0.369 e. The Morgan fingerprint density at radius 3 is 2.56 bits per heavy atom. The van der Waals surface area contributed by atoms with Crippen LogP contribution < -0.4 is 10.7 Å². The molecule has 3 aliphatic rings. The number of nitrogens with zero attached hydrogens (tertiary/aromatic N) is 3. The highest BCUT2D eigenvalue weighted by molar-refractivity contribution is 5.68. The maximum absolute atomic E-state index is 14.0. The highest BCUT2D eigenvalue weighted by atomic mass is 19.1. The van der Waals surface area contributed by atoms with Crippen LogP contribution in [0.25, 0.3) is 17.3 Å². The van der Waals surface area contributed by atoms with Crippen LogP contribution in [0.5, 0.6) is 0 Å². The van der Waals surface area contributed by atoms with E-state index in [-0.39, 0.29) is 0 Å². The average Bonchev–Trinajstić information content (AvgIpc) is 3.60. The van der Waals surface area contributed by atoms with E-state index in [0.29, 0.717) is 19.0 Å². The number of fused-ring (bicyclic) bond motifs is 1. The summed E-state index contributed by atoms with van der Waals surface area (Å²) in [7, 11) is 0. The van der Waals surface area contributed by atoms with Crippen molar-refractivity contribution < 1.29 is 4.39 Å². The lowest BCUT2D eigenvalue weighted by Gasteiger charge is -2.33. The van der Waals surface area contributed by atoms with E-state index in [9.17, 15) is 4.39 Å². The summed E-state index contributed by atoms with van der Waals surface area (Å²) in [6, 6.07) is 7.21. The first-order chi connectivity index (χ1) is 16.3. The van der Waals surface area contributed by atoms with Gasteiger partial charge in [-0.2, -0.15) is 0 Å². The number of allylic oxidation sites excluding steroid dienone is 1. The molecule has 1 aromatic heterocycles. The molecule has 3 nitrogen and oxygen atoms in total. The molecule has 2 fully saturated rings. The Kier molecular flexibility index (Phi) is 6.26. The number of likely N-dealkylation sites (tertiary alicyclic amines) is 1. The number of halogens is 1. The van der Waals surface area contributed by atoms with Crippen LogP contribution in [0.1, 0.15) is 73.0 Å². The van der Waals surface area contributed by atoms with Crippen molar-refractivity contribution in [1.29, 1.82) is 0 Å². The normalized spacial score (nSPS) is 20.8. The van der Waals surface area contributed by atoms with Crippen molar-refractivity contribution in [3.63, 3.8) is 0 Å². The number of piperidine rings is 1. The Balaban J connectivity index is 1.43. The first-order valence-corrected chi connectivity index (χ1v) is 13.0. The molecule has 0 spiro atoms. The second kappa shape index (κ2) is 9.20. The third-order valence-electron chi connectivity index (χ3n) is 8.03. The Morgan fingerprint density at radius 2 is 1.88 bits per heavy atom. The van der Waals surface area contributed by atoms with Gasteiger partial charge in [-0.1, -0.05) is 19.2 Å². The number of benzene rings is 1. The molecular weight excluding hydrogens is 421 g/mol. The van der Waals surface area contributed by atoms with Crippen molar-refractivity contribution in [2.75, 3.05) is 19.6 Å². The van der Waals surface area contributed by atoms with Crippen LogP contribution >= 0.6 is 0 Å². The molecule has 0 N–H and O–H groups in total. The van der Waals surface area contributed by atoms with Gasteiger partial charge in [0.15, 0.2) is 0 Å². The Labute approximate surface area is 203 Å². The van der Waals surface area contributed by atoms with Crippen LogP contribution in [0.4, 0.5) is 4.39 Å². The maximum atomic E-state index is 14.0. The SMILES string of the molecule is C=C(Cc1c(C)cc(C(=C)N2CCCC(F)C2)cc1C)c1cc2c(n1C(C)C1CC1)=NCCC=2. The van der Waals surface area contributed by atoms with Gasteiger partial charge in [-0.3, -0.25) is 4.99 Å². The molecule has 2 atom stereocenters. The van der Waals surface area contributed by atoms with Crippen molar-refractivity contribution in [1.82, 2.24) is 9.47 Å². The fourth-order valence-electron chi connectivity index (χ4n) is 5.81. The standard InChI is InChI=1S/C30H38FN3/c1-19-14-26(22(4)33-13-7-9-27(31)18-33)15-20(2)28(19)16-21(3)29-17-25-8-6-12-32-30(25)34(29)23(5)24-10-11-24/h8,14-15,17,23-24,27H,3-4,6-7,9-13,16,18H2,1-2,5H3. The lowest BCUT2D eigenvalue weighted by molar-refractivity contribution is 0.188. The number of rotatable bonds is 7. The largest absolute Gasteiger partial charge is 0.369 e. The summed E-state index contributed by atoms with van der Waals surface area (Å²) in [6.07, 6.45) is 7.60. The minimum atomic E-state index is -0.751. The Morgan fingerprint density at radius 1 is 1.15 bits per heavy atom. The molecule has 1 aliphatic carbocycles. The number of hydrogen-bond acceptors (Lipinski definition) is 2. The number of aryl methyl sites for hydroxylation is 2. The lowest BCUT2D eigenvalue weighted by Crippen LogP contribution is -2.34. The lowest BCUT2D eigenvalue weighted by atomic mass is 9.92. The van der Waals surface area contributed by atoms with Gasteiger partial charge in [0, 0.05) is 42.3 Å². The minimum absolute atomic E-state index is 0.457. The van der Waals surface area contributed by atoms with Gasteiger partial charge in [-0.05, 0) is 111 Å². The molecule has 5 rings (SSSR count). The average molecular weight is 460 g/mol. The molecular formula is C30H38FN3. The molecule has 1 aromatic carbocycles. The van der Waals surface area contributed by atoms with Crippen molar-refractivity contribution >= 4 is 17.3 Å². The summed E-state index contributed by atoms with van der Waals surface area (Å²) >= 11 is 0. The molecule has 2 unspecified atom stereocenters. The van der Waals surface area contributed by atoms with E-state index in [2.05, 4.69) is 67.7 Å². The molecule has 2 aliphatic heterocycles. The van der Waals surface area contributed by atoms with E-state index in [4.69, 9.17) is 4.99 Å². The van der Waals surface area contributed by atoms with E-state index in [0.717, 1.165) is 60.6 Å². The highest BCUT2D eigenvalue weighted by Gasteiger charge is 2.31. The molecule has 180 valence electrons. The third kappa shape index (κ3) is 4.39. The number of hydrogen-bond donors (Lipinski definition) is 0. The summed E-state index contributed by atoms with van der Waals surface area (Å²) in [6.45, 7) is 17.8. The van der Waals surface area contributed by atoms with Gasteiger partial charge in [-0.15, -0.1) is 0 Å².